The summed E-state index contributed by atoms with van der Waals surface area (Å²) < 4.78 is 32.6. The molecule has 7 heteroatoms. The van der Waals surface area contributed by atoms with E-state index >= 15 is 0 Å². The lowest BCUT2D eigenvalue weighted by molar-refractivity contribution is -0.178. The lowest BCUT2D eigenvalue weighted by atomic mass is 9.89. The molecule has 0 atom stereocenters. The summed E-state index contributed by atoms with van der Waals surface area (Å²) in [7, 11) is 0. The number of carboxylic acids is 1. The predicted octanol–water partition coefficient (Wildman–Crippen LogP) is 2.54. The van der Waals surface area contributed by atoms with Crippen molar-refractivity contribution in [2.75, 3.05) is 0 Å². The second-order valence-electron chi connectivity index (χ2n) is 5.80. The Labute approximate surface area is 110 Å². The van der Waals surface area contributed by atoms with E-state index in [9.17, 15) is 18.4 Å². The summed E-state index contributed by atoms with van der Waals surface area (Å²) in [5.41, 5.74) is -2.89. The molecule has 5 nitrogen and oxygen atoms in total. The van der Waals surface area contributed by atoms with Gasteiger partial charge in [0, 0.05) is 0 Å². The molecule has 0 spiro atoms. The van der Waals surface area contributed by atoms with Crippen LogP contribution >= 0.6 is 0 Å². The summed E-state index contributed by atoms with van der Waals surface area (Å²) in [6.45, 7) is 4.80. The van der Waals surface area contributed by atoms with E-state index in [2.05, 4.69) is 5.32 Å². The van der Waals surface area contributed by atoms with Gasteiger partial charge >= 0.3 is 18.0 Å². The minimum Gasteiger partial charge on any atom is -0.477 e. The molecule has 1 aliphatic rings. The zero-order valence-corrected chi connectivity index (χ0v) is 11.3. The van der Waals surface area contributed by atoms with Crippen molar-refractivity contribution in [3.05, 3.63) is 0 Å². The van der Waals surface area contributed by atoms with E-state index < -0.39 is 29.1 Å². The van der Waals surface area contributed by atoms with Crippen molar-refractivity contribution in [1.29, 1.82) is 0 Å². The molecule has 0 radical (unpaired) electrons. The molecule has 110 valence electrons. The van der Waals surface area contributed by atoms with Crippen LogP contribution in [-0.2, 0) is 9.53 Å². The Morgan fingerprint density at radius 1 is 1.21 bits per heavy atom. The van der Waals surface area contributed by atoms with Crippen LogP contribution in [0, 0.1) is 0 Å². The molecule has 19 heavy (non-hydrogen) atoms. The number of carbonyl (C=O) groups is 2. The van der Waals surface area contributed by atoms with Gasteiger partial charge in [-0.1, -0.05) is 12.8 Å². The van der Waals surface area contributed by atoms with Gasteiger partial charge in [0.1, 0.15) is 11.1 Å². The number of aliphatic carboxylic acids is 1. The number of carbonyl (C=O) groups excluding carboxylic acids is 1. The van der Waals surface area contributed by atoms with Gasteiger partial charge in [-0.15, -0.1) is 0 Å². The number of hydrogen-bond donors (Lipinski definition) is 2. The third kappa shape index (κ3) is 3.33. The van der Waals surface area contributed by atoms with E-state index in [0.717, 1.165) is 0 Å². The fraction of sp³-hybridized carbons (Fsp3) is 0.833. The fourth-order valence-electron chi connectivity index (χ4n) is 2.20. The van der Waals surface area contributed by atoms with Gasteiger partial charge in [-0.25, -0.2) is 9.59 Å². The molecule has 1 aliphatic carbocycles. The van der Waals surface area contributed by atoms with Crippen molar-refractivity contribution in [1.82, 2.24) is 5.32 Å². The van der Waals surface area contributed by atoms with Gasteiger partial charge in [-0.2, -0.15) is 8.78 Å². The highest BCUT2D eigenvalue weighted by Gasteiger charge is 2.61. The van der Waals surface area contributed by atoms with Crippen LogP contribution in [0.2, 0.25) is 0 Å². The maximum Gasteiger partial charge on any atom is 0.408 e. The Morgan fingerprint density at radius 3 is 2.05 bits per heavy atom. The van der Waals surface area contributed by atoms with Gasteiger partial charge in [0.05, 0.1) is 0 Å². The topological polar surface area (TPSA) is 75.6 Å². The molecule has 1 rings (SSSR count). The van der Waals surface area contributed by atoms with Crippen LogP contribution in [0.1, 0.15) is 46.5 Å². The maximum atomic E-state index is 13.8. The van der Waals surface area contributed by atoms with Crippen LogP contribution < -0.4 is 5.32 Å². The van der Waals surface area contributed by atoms with Gasteiger partial charge < -0.3 is 15.2 Å². The number of amides is 1. The van der Waals surface area contributed by atoms with Crippen molar-refractivity contribution in [2.45, 2.75) is 63.5 Å². The molecule has 0 aliphatic heterocycles. The molecule has 1 saturated carbocycles. The van der Waals surface area contributed by atoms with E-state index in [1.54, 1.807) is 20.8 Å². The second kappa shape index (κ2) is 4.94. The molecule has 0 aromatic carbocycles. The number of ether oxygens (including phenoxy) is 1. The number of nitrogens with one attached hydrogen (secondary N) is 1. The summed E-state index contributed by atoms with van der Waals surface area (Å²) in [6, 6.07) is 0. The number of alkyl halides is 2. The van der Waals surface area contributed by atoms with E-state index in [1.807, 2.05) is 0 Å². The molecule has 0 aromatic heterocycles. The summed E-state index contributed by atoms with van der Waals surface area (Å²) >= 11 is 0. The number of halogens is 2. The van der Waals surface area contributed by atoms with Gasteiger partial charge in [0.25, 0.3) is 0 Å². The quantitative estimate of drug-likeness (QED) is 0.832. The molecule has 1 amide bonds. The van der Waals surface area contributed by atoms with E-state index in [1.165, 1.54) is 0 Å². The number of rotatable bonds is 3. The Balaban J connectivity index is 2.90. The van der Waals surface area contributed by atoms with Crippen LogP contribution in [0.3, 0.4) is 0 Å². The first-order valence-corrected chi connectivity index (χ1v) is 6.13. The Hall–Kier alpha value is -1.40. The number of alkyl carbamates (subject to hydrolysis) is 1. The molecule has 0 bridgehead atoms. The van der Waals surface area contributed by atoms with Gasteiger partial charge in [0.15, 0.2) is 0 Å². The smallest absolute Gasteiger partial charge is 0.408 e. The van der Waals surface area contributed by atoms with Crippen molar-refractivity contribution >= 4 is 12.1 Å². The Morgan fingerprint density at radius 2 is 1.68 bits per heavy atom. The van der Waals surface area contributed by atoms with E-state index in [0.29, 0.717) is 12.8 Å². The molecule has 2 N–H and O–H groups in total. The molecular weight excluding hydrogens is 260 g/mol. The molecular formula is C12H19F2NO4. The van der Waals surface area contributed by atoms with Crippen molar-refractivity contribution < 1.29 is 28.2 Å². The summed E-state index contributed by atoms with van der Waals surface area (Å²) in [5, 5.41) is 10.7. The third-order valence-corrected chi connectivity index (χ3v) is 3.07. The first kappa shape index (κ1) is 15.7. The van der Waals surface area contributed by atoms with Crippen LogP contribution in [0.5, 0.6) is 0 Å². The minimum absolute atomic E-state index is 0.0778. The van der Waals surface area contributed by atoms with Crippen molar-refractivity contribution in [3.63, 3.8) is 0 Å². The zero-order chi connectivity index (χ0) is 14.9. The van der Waals surface area contributed by atoms with E-state index in [4.69, 9.17) is 9.84 Å². The number of carboxylic acid groups (broad SMARTS) is 1. The first-order chi connectivity index (χ1) is 8.50. The lowest BCUT2D eigenvalue weighted by Gasteiger charge is -2.35. The van der Waals surface area contributed by atoms with Crippen molar-refractivity contribution in [3.8, 4) is 0 Å². The largest absolute Gasteiger partial charge is 0.477 e. The number of hydrogen-bond acceptors (Lipinski definition) is 3. The van der Waals surface area contributed by atoms with E-state index in [-0.39, 0.29) is 12.8 Å². The highest BCUT2D eigenvalue weighted by molar-refractivity contribution is 5.79. The van der Waals surface area contributed by atoms with Crippen molar-refractivity contribution in [2.24, 2.45) is 0 Å². The maximum absolute atomic E-state index is 13.8. The average Bonchev–Trinajstić information content (AvgIpc) is 2.64. The third-order valence-electron chi connectivity index (χ3n) is 3.07. The fourth-order valence-corrected chi connectivity index (χ4v) is 2.20. The molecule has 0 saturated heterocycles. The molecule has 1 fully saturated rings. The molecule has 0 unspecified atom stereocenters. The van der Waals surface area contributed by atoms with Crippen LogP contribution in [0.15, 0.2) is 0 Å². The van der Waals surface area contributed by atoms with Gasteiger partial charge in [0.2, 0.25) is 0 Å². The monoisotopic (exact) mass is 279 g/mol. The highest BCUT2D eigenvalue weighted by atomic mass is 19.3. The summed E-state index contributed by atoms with van der Waals surface area (Å²) in [4.78, 5) is 22.4. The Bertz CT molecular complexity index is 370. The molecule has 0 heterocycles. The highest BCUT2D eigenvalue weighted by Crippen LogP contribution is 2.42. The first-order valence-electron chi connectivity index (χ1n) is 6.13. The Kier molecular flexibility index (Phi) is 4.07. The summed E-state index contributed by atoms with van der Waals surface area (Å²) in [6.07, 6.45) is -0.288. The van der Waals surface area contributed by atoms with Crippen LogP contribution in [-0.4, -0.2) is 34.2 Å². The zero-order valence-electron chi connectivity index (χ0n) is 11.3. The van der Waals surface area contributed by atoms with Crippen LogP contribution in [0.4, 0.5) is 13.6 Å². The van der Waals surface area contributed by atoms with Gasteiger partial charge in [-0.05, 0) is 33.6 Å². The van der Waals surface area contributed by atoms with Gasteiger partial charge in [-0.3, -0.25) is 0 Å². The summed E-state index contributed by atoms with van der Waals surface area (Å²) in [5.74, 6) is -6.24. The lowest BCUT2D eigenvalue weighted by Crippen LogP contribution is -2.62. The SMILES string of the molecule is CC(C)(C)OC(=O)NC1(C(F)(F)C(=O)O)CCCC1. The average molecular weight is 279 g/mol. The minimum atomic E-state index is -4.01. The normalized spacial score (nSPS) is 19.0. The predicted molar refractivity (Wildman–Crippen MR) is 63.2 cm³/mol. The molecule has 0 aromatic rings. The standard InChI is InChI=1S/C12H19F2NO4/c1-10(2,3)19-9(18)15-11(6-4-5-7-11)12(13,14)8(16)17/h4-7H2,1-3H3,(H,15,18)(H,16,17). The second-order valence-corrected chi connectivity index (χ2v) is 5.80. The van der Waals surface area contributed by atoms with Crippen LogP contribution in [0.25, 0.3) is 0 Å².